The minimum Gasteiger partial charge on any atom is -0.481 e. The van der Waals surface area contributed by atoms with Crippen LogP contribution in [0, 0.1) is 6.92 Å². The Kier molecular flexibility index (Phi) is 6.31. The Hall–Kier alpha value is -2.86. The fourth-order valence-corrected chi connectivity index (χ4v) is 2.88. The Bertz CT molecular complexity index is 940. The molecule has 6 nitrogen and oxygen atoms in total. The summed E-state index contributed by atoms with van der Waals surface area (Å²) in [4.78, 5) is 18.8. The van der Waals surface area contributed by atoms with Crippen molar-refractivity contribution in [3.8, 4) is 17.1 Å². The van der Waals surface area contributed by atoms with Gasteiger partial charge in [-0.2, -0.15) is 4.98 Å². The molecular weight excluding hydrogens is 378 g/mol. The first-order valence-corrected chi connectivity index (χ1v) is 9.44. The van der Waals surface area contributed by atoms with E-state index in [1.54, 1.807) is 36.1 Å². The van der Waals surface area contributed by atoms with Crippen LogP contribution in [0.2, 0.25) is 5.02 Å². The second kappa shape index (κ2) is 8.89. The van der Waals surface area contributed by atoms with Crippen molar-refractivity contribution in [2.24, 2.45) is 0 Å². The third-order valence-electron chi connectivity index (χ3n) is 4.25. The molecule has 0 fully saturated rings. The van der Waals surface area contributed by atoms with Crippen molar-refractivity contribution < 1.29 is 14.1 Å². The number of halogens is 1. The molecule has 2 aromatic carbocycles. The van der Waals surface area contributed by atoms with Crippen LogP contribution in [0.1, 0.15) is 25.3 Å². The predicted octanol–water partition coefficient (Wildman–Crippen LogP) is 4.51. The molecule has 3 rings (SSSR count). The van der Waals surface area contributed by atoms with E-state index in [1.165, 1.54) is 0 Å². The summed E-state index contributed by atoms with van der Waals surface area (Å²) >= 11 is 5.96. The van der Waals surface area contributed by atoms with Crippen LogP contribution in [-0.4, -0.2) is 33.6 Å². The molecule has 0 aliphatic heterocycles. The number of carbonyl (C=O) groups is 1. The van der Waals surface area contributed by atoms with E-state index >= 15 is 0 Å². The first-order valence-electron chi connectivity index (χ1n) is 9.07. The summed E-state index contributed by atoms with van der Waals surface area (Å²) in [5.74, 6) is 1.25. The number of carbonyl (C=O) groups excluding carboxylic acids is 1. The molecule has 3 aromatic rings. The van der Waals surface area contributed by atoms with Gasteiger partial charge >= 0.3 is 0 Å². The fraction of sp³-hybridized carbons (Fsp3) is 0.286. The van der Waals surface area contributed by atoms with Crippen molar-refractivity contribution in [1.82, 2.24) is 15.0 Å². The van der Waals surface area contributed by atoms with Gasteiger partial charge in [0.05, 0.1) is 0 Å². The quantitative estimate of drug-likeness (QED) is 0.584. The highest BCUT2D eigenvalue weighted by Gasteiger charge is 2.23. The molecule has 7 heteroatoms. The largest absolute Gasteiger partial charge is 0.481 e. The molecule has 0 unspecified atom stereocenters. The maximum absolute atomic E-state index is 12.8. The lowest BCUT2D eigenvalue weighted by molar-refractivity contribution is -0.138. The van der Waals surface area contributed by atoms with Gasteiger partial charge in [0.1, 0.15) is 12.3 Å². The normalized spacial score (nSPS) is 11.9. The number of amides is 1. The van der Waals surface area contributed by atoms with Crippen LogP contribution in [0.15, 0.2) is 53.1 Å². The number of rotatable bonds is 7. The second-order valence-corrected chi connectivity index (χ2v) is 6.88. The number of hydrogen-bond donors (Lipinski definition) is 0. The highest BCUT2D eigenvalue weighted by atomic mass is 35.5. The first kappa shape index (κ1) is 19.9. The van der Waals surface area contributed by atoms with Gasteiger partial charge in [-0.25, -0.2) is 0 Å². The first-order chi connectivity index (χ1) is 13.5. The van der Waals surface area contributed by atoms with E-state index in [0.29, 0.717) is 29.0 Å². The van der Waals surface area contributed by atoms with Gasteiger partial charge in [0.15, 0.2) is 6.10 Å². The van der Waals surface area contributed by atoms with E-state index in [4.69, 9.17) is 20.9 Å². The van der Waals surface area contributed by atoms with Crippen molar-refractivity contribution in [1.29, 1.82) is 0 Å². The lowest BCUT2D eigenvalue weighted by atomic mass is 10.1. The van der Waals surface area contributed by atoms with E-state index in [1.807, 2.05) is 38.1 Å². The minimum atomic E-state index is -0.669. The lowest BCUT2D eigenvalue weighted by Gasteiger charge is -2.23. The van der Waals surface area contributed by atoms with Crippen LogP contribution in [0.4, 0.5) is 0 Å². The Balaban J connectivity index is 1.66. The molecule has 0 radical (unpaired) electrons. The van der Waals surface area contributed by atoms with Gasteiger partial charge in [-0.1, -0.05) is 52.7 Å². The maximum atomic E-state index is 12.8. The van der Waals surface area contributed by atoms with Crippen molar-refractivity contribution in [3.63, 3.8) is 0 Å². The number of aryl methyl sites for hydroxylation is 1. The van der Waals surface area contributed by atoms with Gasteiger partial charge in [0.25, 0.3) is 5.91 Å². The van der Waals surface area contributed by atoms with E-state index < -0.39 is 6.10 Å². The van der Waals surface area contributed by atoms with Crippen molar-refractivity contribution >= 4 is 17.5 Å². The molecule has 28 heavy (non-hydrogen) atoms. The van der Waals surface area contributed by atoms with E-state index in [9.17, 15) is 4.79 Å². The zero-order valence-corrected chi connectivity index (χ0v) is 16.8. The average molecular weight is 400 g/mol. The molecule has 0 saturated heterocycles. The summed E-state index contributed by atoms with van der Waals surface area (Å²) in [6, 6.07) is 14.8. The Morgan fingerprint density at radius 1 is 1.25 bits per heavy atom. The summed E-state index contributed by atoms with van der Waals surface area (Å²) in [6.45, 7) is 6.32. The Labute approximate surface area is 169 Å². The molecule has 1 atom stereocenters. The third kappa shape index (κ3) is 4.89. The molecule has 1 aromatic heterocycles. The Morgan fingerprint density at radius 2 is 2.00 bits per heavy atom. The summed E-state index contributed by atoms with van der Waals surface area (Å²) < 4.78 is 11.1. The van der Waals surface area contributed by atoms with Crippen LogP contribution in [-0.2, 0) is 11.3 Å². The zero-order chi connectivity index (χ0) is 20.1. The smallest absolute Gasteiger partial charge is 0.263 e. The molecule has 0 aliphatic carbocycles. The zero-order valence-electron chi connectivity index (χ0n) is 16.1. The number of ether oxygens (including phenoxy) is 1. The molecule has 0 saturated carbocycles. The van der Waals surface area contributed by atoms with Gasteiger partial charge < -0.3 is 14.2 Å². The SMILES string of the molecule is CCN(Cc1nc(-c2ccc(C)cc2)no1)C(=O)[C@@H](C)Oc1cccc(Cl)c1. The standard InChI is InChI=1S/C21H22ClN3O3/c1-4-25(21(26)15(3)27-18-7-5-6-17(22)12-18)13-19-23-20(24-28-19)16-10-8-14(2)9-11-16/h5-12,15H,4,13H2,1-3H3/t15-/m1/s1. The fourth-order valence-electron chi connectivity index (χ4n) is 2.70. The molecule has 146 valence electrons. The van der Waals surface area contributed by atoms with Crippen molar-refractivity contribution in [3.05, 3.63) is 65.0 Å². The number of aromatic nitrogens is 2. The molecule has 1 heterocycles. The molecule has 0 N–H and O–H groups in total. The lowest BCUT2D eigenvalue weighted by Crippen LogP contribution is -2.40. The van der Waals surface area contributed by atoms with Gasteiger partial charge in [0.2, 0.25) is 11.7 Å². The number of likely N-dealkylation sites (N-methyl/N-ethyl adjacent to an activating group) is 1. The minimum absolute atomic E-state index is 0.169. The highest BCUT2D eigenvalue weighted by molar-refractivity contribution is 6.30. The van der Waals surface area contributed by atoms with E-state index in [-0.39, 0.29) is 12.5 Å². The van der Waals surface area contributed by atoms with Gasteiger partial charge in [-0.15, -0.1) is 0 Å². The van der Waals surface area contributed by atoms with Crippen molar-refractivity contribution in [2.45, 2.75) is 33.4 Å². The molecule has 0 bridgehead atoms. The second-order valence-electron chi connectivity index (χ2n) is 6.45. The number of benzene rings is 2. The monoisotopic (exact) mass is 399 g/mol. The summed E-state index contributed by atoms with van der Waals surface area (Å²) in [7, 11) is 0. The number of nitrogens with zero attached hydrogens (tertiary/aromatic N) is 3. The van der Waals surface area contributed by atoms with Crippen LogP contribution < -0.4 is 4.74 Å². The maximum Gasteiger partial charge on any atom is 0.263 e. The topological polar surface area (TPSA) is 68.5 Å². The number of hydrogen-bond acceptors (Lipinski definition) is 5. The van der Waals surface area contributed by atoms with Crippen LogP contribution in [0.5, 0.6) is 5.75 Å². The van der Waals surface area contributed by atoms with Crippen LogP contribution in [0.25, 0.3) is 11.4 Å². The van der Waals surface area contributed by atoms with Crippen molar-refractivity contribution in [2.75, 3.05) is 6.54 Å². The van der Waals surface area contributed by atoms with E-state index in [2.05, 4.69) is 10.1 Å². The van der Waals surface area contributed by atoms with E-state index in [0.717, 1.165) is 11.1 Å². The summed E-state index contributed by atoms with van der Waals surface area (Å²) in [6.07, 6.45) is -0.669. The molecular formula is C21H22ClN3O3. The molecule has 1 amide bonds. The highest BCUT2D eigenvalue weighted by Crippen LogP contribution is 2.20. The third-order valence-corrected chi connectivity index (χ3v) is 4.49. The Morgan fingerprint density at radius 3 is 2.68 bits per heavy atom. The summed E-state index contributed by atoms with van der Waals surface area (Å²) in [5.41, 5.74) is 2.02. The summed E-state index contributed by atoms with van der Waals surface area (Å²) in [5, 5.41) is 4.57. The average Bonchev–Trinajstić information content (AvgIpc) is 3.14. The predicted molar refractivity (Wildman–Crippen MR) is 107 cm³/mol. The molecule has 0 aliphatic rings. The van der Waals surface area contributed by atoms with Gasteiger partial charge in [-0.3, -0.25) is 4.79 Å². The van der Waals surface area contributed by atoms with Crippen LogP contribution in [0.3, 0.4) is 0 Å². The van der Waals surface area contributed by atoms with Crippen LogP contribution >= 0.6 is 11.6 Å². The van der Waals surface area contributed by atoms with Gasteiger partial charge in [0, 0.05) is 17.1 Å². The molecule has 0 spiro atoms. The van der Waals surface area contributed by atoms with Gasteiger partial charge in [-0.05, 0) is 39.0 Å².